The zero-order valence-electron chi connectivity index (χ0n) is 13.6. The summed E-state index contributed by atoms with van der Waals surface area (Å²) in [5.74, 6) is 6.34. The van der Waals surface area contributed by atoms with Crippen LogP contribution in [0.2, 0.25) is 0 Å². The Kier molecular flexibility index (Phi) is 4.96. The van der Waals surface area contributed by atoms with Gasteiger partial charge in [0.25, 0.3) is 0 Å². The van der Waals surface area contributed by atoms with Crippen molar-refractivity contribution >= 4 is 10.9 Å². The highest BCUT2D eigenvalue weighted by atomic mass is 15.2. The molecule has 1 aromatic heterocycles. The highest BCUT2D eigenvalue weighted by Crippen LogP contribution is 2.29. The number of benzene rings is 1. The molecule has 0 spiro atoms. The monoisotopic (exact) mass is 285 g/mol. The number of pyridine rings is 1. The van der Waals surface area contributed by atoms with Crippen molar-refractivity contribution in [1.29, 1.82) is 0 Å². The lowest BCUT2D eigenvalue weighted by Crippen LogP contribution is -2.39. The van der Waals surface area contributed by atoms with Gasteiger partial charge < -0.3 is 0 Å². The molecule has 114 valence electrons. The van der Waals surface area contributed by atoms with Crippen molar-refractivity contribution in [3.8, 4) is 0 Å². The summed E-state index contributed by atoms with van der Waals surface area (Å²) in [6.45, 7) is 9.12. The van der Waals surface area contributed by atoms with Gasteiger partial charge in [-0.2, -0.15) is 0 Å². The highest BCUT2D eigenvalue weighted by molar-refractivity contribution is 5.78. The Morgan fingerprint density at radius 1 is 1.14 bits per heavy atom. The number of nitrogens with one attached hydrogen (secondary N) is 1. The third-order valence-electron chi connectivity index (χ3n) is 4.46. The number of hydrogen-bond donors (Lipinski definition) is 2. The van der Waals surface area contributed by atoms with Gasteiger partial charge in [-0.1, -0.05) is 52.0 Å². The van der Waals surface area contributed by atoms with Crippen molar-refractivity contribution in [2.24, 2.45) is 17.2 Å². The fourth-order valence-electron chi connectivity index (χ4n) is 2.47. The smallest absolute Gasteiger partial charge is 0.0705 e. The predicted molar refractivity (Wildman–Crippen MR) is 89.8 cm³/mol. The quantitative estimate of drug-likeness (QED) is 0.651. The summed E-state index contributed by atoms with van der Waals surface area (Å²) >= 11 is 0. The van der Waals surface area contributed by atoms with Gasteiger partial charge in [-0.15, -0.1) is 0 Å². The second-order valence-electron chi connectivity index (χ2n) is 7.07. The number of hydrazine groups is 1. The molecular weight excluding hydrogens is 258 g/mol. The molecule has 0 radical (unpaired) electrons. The number of hydrogen-bond acceptors (Lipinski definition) is 3. The minimum absolute atomic E-state index is 0.257. The summed E-state index contributed by atoms with van der Waals surface area (Å²) in [5.41, 5.74) is 5.40. The molecule has 2 unspecified atom stereocenters. The zero-order valence-corrected chi connectivity index (χ0v) is 13.6. The number of aromatic nitrogens is 1. The largest absolute Gasteiger partial charge is 0.271 e. The van der Waals surface area contributed by atoms with Gasteiger partial charge in [-0.05, 0) is 29.9 Å². The number of nitrogens with two attached hydrogens (primary N) is 1. The van der Waals surface area contributed by atoms with E-state index in [2.05, 4.69) is 57.4 Å². The molecule has 0 aliphatic rings. The Morgan fingerprint density at radius 2 is 1.86 bits per heavy atom. The summed E-state index contributed by atoms with van der Waals surface area (Å²) in [6.07, 6.45) is 1.91. The number of rotatable bonds is 5. The van der Waals surface area contributed by atoms with Crippen molar-refractivity contribution in [2.45, 2.75) is 46.6 Å². The van der Waals surface area contributed by atoms with Gasteiger partial charge in [0.2, 0.25) is 0 Å². The van der Waals surface area contributed by atoms with Gasteiger partial charge in [0.1, 0.15) is 0 Å². The average molecular weight is 285 g/mol. The fourth-order valence-corrected chi connectivity index (χ4v) is 2.47. The van der Waals surface area contributed by atoms with Gasteiger partial charge in [-0.3, -0.25) is 16.3 Å². The van der Waals surface area contributed by atoms with Crippen LogP contribution in [0.1, 0.15) is 39.8 Å². The van der Waals surface area contributed by atoms with Crippen molar-refractivity contribution in [3.63, 3.8) is 0 Å². The Labute approximate surface area is 127 Å². The summed E-state index contributed by atoms with van der Waals surface area (Å²) in [7, 11) is 0. The molecule has 21 heavy (non-hydrogen) atoms. The third-order valence-corrected chi connectivity index (χ3v) is 4.46. The predicted octanol–water partition coefficient (Wildman–Crippen LogP) is 3.68. The molecule has 0 saturated heterocycles. The van der Waals surface area contributed by atoms with Crippen LogP contribution in [-0.4, -0.2) is 11.0 Å². The maximum absolute atomic E-state index is 5.75. The molecule has 0 amide bonds. The van der Waals surface area contributed by atoms with Crippen LogP contribution in [0.25, 0.3) is 10.9 Å². The van der Waals surface area contributed by atoms with E-state index in [9.17, 15) is 0 Å². The normalized spacial score (nSPS) is 15.1. The first-order valence-corrected chi connectivity index (χ1v) is 7.71. The molecule has 3 nitrogen and oxygen atoms in total. The third kappa shape index (κ3) is 4.26. The maximum atomic E-state index is 5.75. The Bertz CT molecular complexity index is 586. The van der Waals surface area contributed by atoms with Gasteiger partial charge >= 0.3 is 0 Å². The maximum Gasteiger partial charge on any atom is 0.0705 e. The zero-order chi connectivity index (χ0) is 15.5. The molecule has 0 bridgehead atoms. The SMILES string of the molecule is CC(CC(Cc1ccc2ccccc2n1)NN)C(C)(C)C. The van der Waals surface area contributed by atoms with Crippen LogP contribution in [0.4, 0.5) is 0 Å². The Hall–Kier alpha value is -1.45. The molecule has 2 atom stereocenters. The molecule has 3 heteroatoms. The van der Waals surface area contributed by atoms with Gasteiger partial charge in [-0.25, -0.2) is 0 Å². The highest BCUT2D eigenvalue weighted by Gasteiger charge is 2.23. The van der Waals surface area contributed by atoms with E-state index in [4.69, 9.17) is 10.8 Å². The molecule has 0 fully saturated rings. The molecule has 2 aromatic rings. The molecule has 0 aliphatic carbocycles. The van der Waals surface area contributed by atoms with Crippen molar-refractivity contribution in [2.75, 3.05) is 0 Å². The lowest BCUT2D eigenvalue weighted by molar-refractivity contribution is 0.222. The lowest BCUT2D eigenvalue weighted by atomic mass is 9.78. The van der Waals surface area contributed by atoms with Gasteiger partial charge in [0, 0.05) is 23.5 Å². The van der Waals surface area contributed by atoms with E-state index < -0.39 is 0 Å². The van der Waals surface area contributed by atoms with Crippen LogP contribution in [0.5, 0.6) is 0 Å². The second kappa shape index (κ2) is 6.54. The van der Waals surface area contributed by atoms with E-state index >= 15 is 0 Å². The van der Waals surface area contributed by atoms with Crippen LogP contribution in [0.15, 0.2) is 36.4 Å². The molecule has 0 saturated carbocycles. The number of para-hydroxylation sites is 1. The molecule has 0 aliphatic heterocycles. The summed E-state index contributed by atoms with van der Waals surface area (Å²) in [6, 6.07) is 12.7. The van der Waals surface area contributed by atoms with Crippen molar-refractivity contribution in [1.82, 2.24) is 10.4 Å². The number of fused-ring (bicyclic) bond motifs is 1. The second-order valence-corrected chi connectivity index (χ2v) is 7.07. The molecule has 1 aromatic carbocycles. The summed E-state index contributed by atoms with van der Waals surface area (Å²) in [4.78, 5) is 4.74. The standard InChI is InChI=1S/C18H27N3/c1-13(18(2,3)4)11-16(21-19)12-15-10-9-14-7-5-6-8-17(14)20-15/h5-10,13,16,21H,11-12,19H2,1-4H3. The van der Waals surface area contributed by atoms with Crippen LogP contribution >= 0.6 is 0 Å². The first kappa shape index (κ1) is 15.9. The first-order valence-electron chi connectivity index (χ1n) is 7.71. The van der Waals surface area contributed by atoms with Crippen LogP contribution in [0, 0.1) is 11.3 Å². The Morgan fingerprint density at radius 3 is 2.52 bits per heavy atom. The number of nitrogens with zero attached hydrogens (tertiary/aromatic N) is 1. The van der Waals surface area contributed by atoms with E-state index in [0.717, 1.165) is 24.1 Å². The van der Waals surface area contributed by atoms with Crippen molar-refractivity contribution < 1.29 is 0 Å². The minimum atomic E-state index is 0.257. The molecular formula is C18H27N3. The lowest BCUT2D eigenvalue weighted by Gasteiger charge is -2.30. The van der Waals surface area contributed by atoms with Gasteiger partial charge in [0.15, 0.2) is 0 Å². The van der Waals surface area contributed by atoms with E-state index in [-0.39, 0.29) is 6.04 Å². The fraction of sp³-hybridized carbons (Fsp3) is 0.500. The van der Waals surface area contributed by atoms with E-state index in [1.165, 1.54) is 5.39 Å². The van der Waals surface area contributed by atoms with E-state index in [1.807, 2.05) is 12.1 Å². The summed E-state index contributed by atoms with van der Waals surface area (Å²) < 4.78 is 0. The van der Waals surface area contributed by atoms with Crippen LogP contribution in [-0.2, 0) is 6.42 Å². The Balaban J connectivity index is 2.09. The minimum Gasteiger partial charge on any atom is -0.271 e. The van der Waals surface area contributed by atoms with E-state index in [1.54, 1.807) is 0 Å². The van der Waals surface area contributed by atoms with E-state index in [0.29, 0.717) is 11.3 Å². The van der Waals surface area contributed by atoms with Crippen molar-refractivity contribution in [3.05, 3.63) is 42.1 Å². The topological polar surface area (TPSA) is 50.9 Å². The molecule has 3 N–H and O–H groups in total. The van der Waals surface area contributed by atoms with Crippen LogP contribution in [0.3, 0.4) is 0 Å². The van der Waals surface area contributed by atoms with Crippen LogP contribution < -0.4 is 11.3 Å². The summed E-state index contributed by atoms with van der Waals surface area (Å²) in [5, 5.41) is 1.18. The first-order chi connectivity index (χ1) is 9.90. The average Bonchev–Trinajstić information content (AvgIpc) is 2.45. The molecule has 1 heterocycles. The van der Waals surface area contributed by atoms with Gasteiger partial charge in [0.05, 0.1) is 5.52 Å². The molecule has 2 rings (SSSR count).